The molecule has 0 unspecified atom stereocenters. The standard InChI is InChI=1S/C19H21N3O4/c1-4-10-22-17-15(18(24)21(3)19(22)25)16(23)13(20-17)11-12-8-6-7-9-14(12)26-5-2/h6-9,11,20H,4-5,10H2,1-3H3. The normalized spacial score (nSPS) is 14.4. The third kappa shape index (κ3) is 2.85. The van der Waals surface area contributed by atoms with E-state index in [2.05, 4.69) is 5.32 Å². The highest BCUT2D eigenvalue weighted by molar-refractivity contribution is 6.19. The van der Waals surface area contributed by atoms with Crippen LogP contribution >= 0.6 is 0 Å². The highest BCUT2D eigenvalue weighted by Gasteiger charge is 2.32. The van der Waals surface area contributed by atoms with Crippen LogP contribution in [0.25, 0.3) is 6.08 Å². The van der Waals surface area contributed by atoms with Crippen molar-refractivity contribution in [2.75, 3.05) is 11.9 Å². The lowest BCUT2D eigenvalue weighted by molar-refractivity contribution is 0.104. The Bertz CT molecular complexity index is 1010. The van der Waals surface area contributed by atoms with E-state index in [0.29, 0.717) is 25.3 Å². The molecule has 1 N–H and O–H groups in total. The number of Topliss-reactive ketones (excluding diaryl/α,β-unsaturated/α-hetero) is 1. The van der Waals surface area contributed by atoms with E-state index in [9.17, 15) is 14.4 Å². The molecule has 1 aromatic carbocycles. The molecule has 0 amide bonds. The van der Waals surface area contributed by atoms with Crippen molar-refractivity contribution >= 4 is 17.7 Å². The van der Waals surface area contributed by atoms with E-state index < -0.39 is 17.0 Å². The molecule has 0 fully saturated rings. The van der Waals surface area contributed by atoms with Crippen LogP contribution in [0.15, 0.2) is 39.6 Å². The van der Waals surface area contributed by atoms with Crippen molar-refractivity contribution in [3.63, 3.8) is 0 Å². The molecule has 3 rings (SSSR count). The van der Waals surface area contributed by atoms with Crippen LogP contribution < -0.4 is 21.3 Å². The fraction of sp³-hybridized carbons (Fsp3) is 0.316. The first-order chi connectivity index (χ1) is 12.5. The zero-order valence-corrected chi connectivity index (χ0v) is 15.0. The van der Waals surface area contributed by atoms with Gasteiger partial charge in [-0.2, -0.15) is 0 Å². The van der Waals surface area contributed by atoms with Crippen LogP contribution in [0, 0.1) is 0 Å². The second-order valence-electron chi connectivity index (χ2n) is 6.00. The van der Waals surface area contributed by atoms with Gasteiger partial charge < -0.3 is 10.1 Å². The molecule has 26 heavy (non-hydrogen) atoms. The summed E-state index contributed by atoms with van der Waals surface area (Å²) in [5.41, 5.74) is -0.0529. The van der Waals surface area contributed by atoms with Gasteiger partial charge in [0, 0.05) is 19.2 Å². The highest BCUT2D eigenvalue weighted by atomic mass is 16.5. The van der Waals surface area contributed by atoms with E-state index in [1.165, 1.54) is 11.6 Å². The Balaban J connectivity index is 2.14. The van der Waals surface area contributed by atoms with Gasteiger partial charge in [-0.15, -0.1) is 0 Å². The first-order valence-electron chi connectivity index (χ1n) is 8.58. The van der Waals surface area contributed by atoms with Crippen LogP contribution in [0.3, 0.4) is 0 Å². The number of aromatic nitrogens is 2. The summed E-state index contributed by atoms with van der Waals surface area (Å²) in [7, 11) is 1.39. The Morgan fingerprint density at radius 2 is 1.88 bits per heavy atom. The van der Waals surface area contributed by atoms with Crippen molar-refractivity contribution in [3.8, 4) is 5.75 Å². The fourth-order valence-electron chi connectivity index (χ4n) is 3.00. The maximum absolute atomic E-state index is 12.8. The van der Waals surface area contributed by atoms with Crippen molar-refractivity contribution in [2.24, 2.45) is 7.05 Å². The van der Waals surface area contributed by atoms with Crippen molar-refractivity contribution in [1.82, 2.24) is 9.13 Å². The van der Waals surface area contributed by atoms with Crippen LogP contribution in [0.1, 0.15) is 36.2 Å². The monoisotopic (exact) mass is 355 g/mol. The lowest BCUT2D eigenvalue weighted by atomic mass is 10.1. The summed E-state index contributed by atoms with van der Waals surface area (Å²) in [5, 5.41) is 2.97. The Labute approximate surface area is 150 Å². The van der Waals surface area contributed by atoms with E-state index >= 15 is 0 Å². The average Bonchev–Trinajstić information content (AvgIpc) is 2.95. The summed E-state index contributed by atoms with van der Waals surface area (Å²) >= 11 is 0. The molecule has 0 aliphatic carbocycles. The molecule has 1 aromatic heterocycles. The number of ether oxygens (including phenoxy) is 1. The van der Waals surface area contributed by atoms with Crippen LogP contribution in [-0.2, 0) is 13.6 Å². The second kappa shape index (κ2) is 7.03. The number of carbonyl (C=O) groups is 1. The first-order valence-corrected chi connectivity index (χ1v) is 8.58. The minimum absolute atomic E-state index is 0.000640. The van der Waals surface area contributed by atoms with Gasteiger partial charge in [-0.05, 0) is 25.5 Å². The highest BCUT2D eigenvalue weighted by Crippen LogP contribution is 2.28. The number of rotatable bonds is 5. The Morgan fingerprint density at radius 1 is 1.15 bits per heavy atom. The van der Waals surface area contributed by atoms with Crippen LogP contribution in [0.2, 0.25) is 0 Å². The van der Waals surface area contributed by atoms with Crippen molar-refractivity contribution < 1.29 is 9.53 Å². The van der Waals surface area contributed by atoms with Gasteiger partial charge >= 0.3 is 5.69 Å². The van der Waals surface area contributed by atoms with E-state index in [-0.39, 0.29) is 17.1 Å². The lowest BCUT2D eigenvalue weighted by Gasteiger charge is -2.11. The molecule has 0 atom stereocenters. The van der Waals surface area contributed by atoms with Crippen LogP contribution in [0.5, 0.6) is 5.75 Å². The molecular weight excluding hydrogens is 334 g/mol. The molecule has 0 bridgehead atoms. The van der Waals surface area contributed by atoms with Gasteiger partial charge in [0.05, 0.1) is 12.3 Å². The number of hydrogen-bond acceptors (Lipinski definition) is 5. The van der Waals surface area contributed by atoms with Crippen LogP contribution in [0.4, 0.5) is 5.82 Å². The van der Waals surface area contributed by atoms with Crippen molar-refractivity contribution in [2.45, 2.75) is 26.8 Å². The molecule has 2 heterocycles. The number of fused-ring (bicyclic) bond motifs is 1. The van der Waals surface area contributed by atoms with Gasteiger partial charge in [0.1, 0.15) is 17.1 Å². The molecule has 7 heteroatoms. The van der Waals surface area contributed by atoms with Gasteiger partial charge in [-0.1, -0.05) is 25.1 Å². The first kappa shape index (κ1) is 17.7. The molecule has 0 spiro atoms. The van der Waals surface area contributed by atoms with Gasteiger partial charge in [-0.25, -0.2) is 4.79 Å². The molecule has 136 valence electrons. The molecule has 1 aliphatic rings. The summed E-state index contributed by atoms with van der Waals surface area (Å²) in [6.07, 6.45) is 2.35. The maximum atomic E-state index is 12.8. The van der Waals surface area contributed by atoms with E-state index in [4.69, 9.17) is 4.74 Å². The molecule has 0 saturated carbocycles. The quantitative estimate of drug-likeness (QED) is 0.830. The van der Waals surface area contributed by atoms with E-state index in [1.54, 1.807) is 6.08 Å². The SMILES string of the molecule is CCCn1c2c(c(=O)n(C)c1=O)C(=O)C(=Cc1ccccc1OCC)N2. The topological polar surface area (TPSA) is 82.3 Å². The lowest BCUT2D eigenvalue weighted by Crippen LogP contribution is -2.40. The predicted molar refractivity (Wildman–Crippen MR) is 99.8 cm³/mol. The van der Waals surface area contributed by atoms with E-state index in [1.807, 2.05) is 38.1 Å². The zero-order chi connectivity index (χ0) is 18.8. The minimum atomic E-state index is -0.587. The number of allylic oxidation sites excluding steroid dienone is 1. The number of hydrogen-bond donors (Lipinski definition) is 1. The van der Waals surface area contributed by atoms with Gasteiger partial charge in [-0.3, -0.25) is 18.7 Å². The number of nitrogens with one attached hydrogen (secondary N) is 1. The Hall–Kier alpha value is -3.09. The smallest absolute Gasteiger partial charge is 0.332 e. The fourth-order valence-corrected chi connectivity index (χ4v) is 3.00. The number of carbonyl (C=O) groups excluding carboxylic acids is 1. The maximum Gasteiger partial charge on any atom is 0.332 e. The molecule has 7 nitrogen and oxygen atoms in total. The van der Waals surface area contributed by atoms with Crippen LogP contribution in [-0.4, -0.2) is 21.5 Å². The van der Waals surface area contributed by atoms with E-state index in [0.717, 1.165) is 10.1 Å². The number of nitrogens with zero attached hydrogens (tertiary/aromatic N) is 2. The van der Waals surface area contributed by atoms with Crippen molar-refractivity contribution in [1.29, 1.82) is 0 Å². The average molecular weight is 355 g/mol. The molecule has 1 aliphatic heterocycles. The van der Waals surface area contributed by atoms with Gasteiger partial charge in [0.15, 0.2) is 0 Å². The summed E-state index contributed by atoms with van der Waals surface area (Å²) < 4.78 is 7.99. The zero-order valence-electron chi connectivity index (χ0n) is 15.0. The molecule has 2 aromatic rings. The Kier molecular flexibility index (Phi) is 4.79. The summed E-state index contributed by atoms with van der Waals surface area (Å²) in [6.45, 7) is 4.72. The third-order valence-corrected chi connectivity index (χ3v) is 4.23. The number of benzene rings is 1. The molecule has 0 radical (unpaired) electrons. The summed E-state index contributed by atoms with van der Waals surface area (Å²) in [5.74, 6) is 0.494. The van der Waals surface area contributed by atoms with Gasteiger partial charge in [0.2, 0.25) is 5.78 Å². The van der Waals surface area contributed by atoms with Gasteiger partial charge in [0.25, 0.3) is 5.56 Å². The van der Waals surface area contributed by atoms with Crippen molar-refractivity contribution in [3.05, 3.63) is 61.9 Å². The number of anilines is 1. The molecular formula is C19H21N3O4. The summed E-state index contributed by atoms with van der Waals surface area (Å²) in [6, 6.07) is 7.33. The largest absolute Gasteiger partial charge is 0.493 e. The predicted octanol–water partition coefficient (Wildman–Crippen LogP) is 2.00. The third-order valence-electron chi connectivity index (χ3n) is 4.23. The number of ketones is 1. The Morgan fingerprint density at radius 3 is 2.58 bits per heavy atom. The minimum Gasteiger partial charge on any atom is -0.493 e. The number of para-hydroxylation sites is 1. The summed E-state index contributed by atoms with van der Waals surface area (Å²) in [4.78, 5) is 37.6. The second-order valence-corrected chi connectivity index (χ2v) is 6.00. The molecule has 0 saturated heterocycles.